The lowest BCUT2D eigenvalue weighted by Crippen LogP contribution is -2.20. The first-order valence-corrected chi connectivity index (χ1v) is 12.4. The number of rotatable bonds is 9. The van der Waals surface area contributed by atoms with Gasteiger partial charge in [0.2, 0.25) is 0 Å². The highest BCUT2D eigenvalue weighted by Crippen LogP contribution is 2.34. The van der Waals surface area contributed by atoms with Gasteiger partial charge in [-0.3, -0.25) is 4.79 Å². The van der Waals surface area contributed by atoms with E-state index in [1.165, 1.54) is 17.9 Å². The van der Waals surface area contributed by atoms with E-state index >= 15 is 0 Å². The smallest absolute Gasteiger partial charge is 0.282 e. The highest BCUT2D eigenvalue weighted by atomic mass is 19.1. The van der Waals surface area contributed by atoms with Gasteiger partial charge in [0.25, 0.3) is 5.56 Å². The average Bonchev–Trinajstić information content (AvgIpc) is 2.97. The molecule has 0 amide bonds. The molecule has 0 aliphatic heterocycles. The summed E-state index contributed by atoms with van der Waals surface area (Å²) in [5, 5.41) is 5.03. The number of ether oxygens (including phenoxy) is 2. The van der Waals surface area contributed by atoms with Crippen LogP contribution in [0.5, 0.6) is 11.5 Å². The summed E-state index contributed by atoms with van der Waals surface area (Å²) >= 11 is 0. The molecule has 0 N–H and O–H groups in total. The van der Waals surface area contributed by atoms with Crippen LogP contribution in [0.3, 0.4) is 0 Å². The van der Waals surface area contributed by atoms with Crippen LogP contribution in [0.1, 0.15) is 16.7 Å². The fourth-order valence-corrected chi connectivity index (χ4v) is 4.28. The highest BCUT2D eigenvalue weighted by molar-refractivity contribution is 5.83. The lowest BCUT2D eigenvalue weighted by molar-refractivity contribution is 0.277. The molecule has 5 rings (SSSR count). The third-order valence-corrected chi connectivity index (χ3v) is 6.18. The fraction of sp³-hybridized carbons (Fsp3) is 0.0938. The summed E-state index contributed by atoms with van der Waals surface area (Å²) in [6, 6.07) is 26.7. The summed E-state index contributed by atoms with van der Waals surface area (Å²) in [5.41, 5.74) is 2.99. The molecule has 0 unspecified atom stereocenters. The van der Waals surface area contributed by atoms with E-state index in [1.807, 2.05) is 48.5 Å². The van der Waals surface area contributed by atoms with E-state index in [4.69, 9.17) is 14.5 Å². The third-order valence-electron chi connectivity index (χ3n) is 6.18. The first-order chi connectivity index (χ1) is 19.1. The number of benzene rings is 4. The summed E-state index contributed by atoms with van der Waals surface area (Å²) < 4.78 is 27.1. The summed E-state index contributed by atoms with van der Waals surface area (Å²) in [6.07, 6.45) is 3.81. The predicted molar refractivity (Wildman–Crippen MR) is 152 cm³/mol. The van der Waals surface area contributed by atoms with Crippen molar-refractivity contribution in [1.82, 2.24) is 9.66 Å². The maximum atomic E-state index is 14.2. The van der Waals surface area contributed by atoms with Crippen molar-refractivity contribution in [3.63, 3.8) is 0 Å². The van der Waals surface area contributed by atoms with E-state index in [1.54, 1.807) is 48.7 Å². The van der Waals surface area contributed by atoms with E-state index in [9.17, 15) is 9.18 Å². The molecule has 0 radical (unpaired) electrons. The van der Waals surface area contributed by atoms with Gasteiger partial charge in [-0.05, 0) is 42.3 Å². The lowest BCUT2D eigenvalue weighted by atomic mass is 10.1. The van der Waals surface area contributed by atoms with Gasteiger partial charge in [-0.1, -0.05) is 66.7 Å². The molecule has 0 spiro atoms. The standard InChI is InChI=1S/C32H26FN3O3/c1-3-11-24-18-22(19-29(38-2)30(24)39-21-25-14-7-9-16-27(25)33)20-34-36-31(23-12-5-4-6-13-23)35-28-17-10-8-15-26(28)32(36)37/h3-10,12-20H,1,11,21H2,2H3. The molecule has 4 aromatic carbocycles. The Kier molecular flexibility index (Phi) is 7.59. The van der Waals surface area contributed by atoms with Gasteiger partial charge in [0, 0.05) is 16.7 Å². The predicted octanol–water partition coefficient (Wildman–Crippen LogP) is 6.40. The zero-order valence-electron chi connectivity index (χ0n) is 21.4. The molecule has 0 bridgehead atoms. The van der Waals surface area contributed by atoms with E-state index < -0.39 is 0 Å². The maximum absolute atomic E-state index is 14.2. The van der Waals surface area contributed by atoms with E-state index in [2.05, 4.69) is 11.7 Å². The molecule has 0 aliphatic carbocycles. The number of fused-ring (bicyclic) bond motifs is 1. The van der Waals surface area contributed by atoms with Crippen molar-refractivity contribution in [2.24, 2.45) is 5.10 Å². The number of hydrogen-bond acceptors (Lipinski definition) is 5. The minimum absolute atomic E-state index is 0.0409. The molecule has 1 aromatic heterocycles. The molecular formula is C32H26FN3O3. The van der Waals surface area contributed by atoms with Crippen LogP contribution < -0.4 is 15.0 Å². The number of methoxy groups -OCH3 is 1. The molecule has 6 nitrogen and oxygen atoms in total. The summed E-state index contributed by atoms with van der Waals surface area (Å²) in [4.78, 5) is 18.2. The zero-order valence-corrected chi connectivity index (χ0v) is 21.4. The van der Waals surface area contributed by atoms with Gasteiger partial charge in [-0.15, -0.1) is 6.58 Å². The van der Waals surface area contributed by atoms with Crippen molar-refractivity contribution in [1.29, 1.82) is 0 Å². The van der Waals surface area contributed by atoms with Crippen molar-refractivity contribution in [2.75, 3.05) is 7.11 Å². The topological polar surface area (TPSA) is 65.7 Å². The van der Waals surface area contributed by atoms with Crippen LogP contribution in [0, 0.1) is 5.82 Å². The number of halogens is 1. The Morgan fingerprint density at radius 1 is 0.974 bits per heavy atom. The third kappa shape index (κ3) is 5.48. The molecule has 5 aromatic rings. The highest BCUT2D eigenvalue weighted by Gasteiger charge is 2.15. The Morgan fingerprint density at radius 2 is 1.72 bits per heavy atom. The van der Waals surface area contributed by atoms with Gasteiger partial charge >= 0.3 is 0 Å². The molecule has 0 atom stereocenters. The van der Waals surface area contributed by atoms with Gasteiger partial charge in [0.15, 0.2) is 17.3 Å². The normalized spacial score (nSPS) is 11.1. The van der Waals surface area contributed by atoms with Gasteiger partial charge in [0.05, 0.1) is 24.2 Å². The number of aromatic nitrogens is 2. The molecule has 0 saturated carbocycles. The minimum atomic E-state index is -0.339. The van der Waals surface area contributed by atoms with Crippen LogP contribution in [0.25, 0.3) is 22.3 Å². The van der Waals surface area contributed by atoms with Crippen molar-refractivity contribution in [2.45, 2.75) is 13.0 Å². The second-order valence-electron chi connectivity index (χ2n) is 8.76. The fourth-order valence-electron chi connectivity index (χ4n) is 4.28. The largest absolute Gasteiger partial charge is 0.493 e. The van der Waals surface area contributed by atoms with Crippen molar-refractivity contribution in [3.05, 3.63) is 137 Å². The number of allylic oxidation sites excluding steroid dienone is 1. The first-order valence-electron chi connectivity index (χ1n) is 12.4. The van der Waals surface area contributed by atoms with Crippen LogP contribution in [0.4, 0.5) is 4.39 Å². The summed E-state index contributed by atoms with van der Waals surface area (Å²) in [6.45, 7) is 3.89. The van der Waals surface area contributed by atoms with Crippen LogP contribution in [0.2, 0.25) is 0 Å². The van der Waals surface area contributed by atoms with Gasteiger partial charge in [0.1, 0.15) is 12.4 Å². The summed E-state index contributed by atoms with van der Waals surface area (Å²) in [7, 11) is 1.54. The van der Waals surface area contributed by atoms with Crippen molar-refractivity contribution >= 4 is 17.1 Å². The van der Waals surface area contributed by atoms with Crippen molar-refractivity contribution < 1.29 is 13.9 Å². The van der Waals surface area contributed by atoms with Crippen LogP contribution in [-0.4, -0.2) is 23.0 Å². The Balaban J connectivity index is 1.56. The molecule has 1 heterocycles. The molecule has 0 saturated heterocycles. The van der Waals surface area contributed by atoms with E-state index in [0.717, 1.165) is 11.1 Å². The van der Waals surface area contributed by atoms with Crippen LogP contribution in [0.15, 0.2) is 114 Å². The average molecular weight is 520 g/mol. The Hall–Kier alpha value is -5.04. The van der Waals surface area contributed by atoms with Gasteiger partial charge < -0.3 is 9.47 Å². The van der Waals surface area contributed by atoms with Gasteiger partial charge in [-0.25, -0.2) is 9.37 Å². The molecule has 0 fully saturated rings. The van der Waals surface area contributed by atoms with Crippen LogP contribution in [-0.2, 0) is 13.0 Å². The molecule has 39 heavy (non-hydrogen) atoms. The van der Waals surface area contributed by atoms with Gasteiger partial charge in [-0.2, -0.15) is 9.78 Å². The molecular weight excluding hydrogens is 493 g/mol. The number of nitrogens with zero attached hydrogens (tertiary/aromatic N) is 3. The zero-order chi connectivity index (χ0) is 27.2. The molecule has 0 aliphatic rings. The van der Waals surface area contributed by atoms with Crippen LogP contribution >= 0.6 is 0 Å². The Bertz CT molecular complexity index is 1730. The summed E-state index contributed by atoms with van der Waals surface area (Å²) in [5.74, 6) is 1.04. The lowest BCUT2D eigenvalue weighted by Gasteiger charge is -2.16. The minimum Gasteiger partial charge on any atom is -0.493 e. The second kappa shape index (κ2) is 11.6. The SMILES string of the molecule is C=CCc1cc(C=Nn2c(-c3ccccc3)nc3ccccc3c2=O)cc(OC)c1OCc1ccccc1F. The number of hydrogen-bond donors (Lipinski definition) is 0. The monoisotopic (exact) mass is 519 g/mol. The molecule has 194 valence electrons. The second-order valence-corrected chi connectivity index (χ2v) is 8.76. The maximum Gasteiger partial charge on any atom is 0.282 e. The molecule has 7 heteroatoms. The van der Waals surface area contributed by atoms with E-state index in [-0.39, 0.29) is 18.0 Å². The van der Waals surface area contributed by atoms with E-state index in [0.29, 0.717) is 45.8 Å². The van der Waals surface area contributed by atoms with Crippen molar-refractivity contribution in [3.8, 4) is 22.9 Å². The number of para-hydroxylation sites is 1. The quantitative estimate of drug-likeness (QED) is 0.167. The Morgan fingerprint density at radius 3 is 2.49 bits per heavy atom. The Labute approximate surface area is 225 Å². The first kappa shape index (κ1) is 25.6.